The molecule has 10 heteroatoms. The van der Waals surface area contributed by atoms with Crippen molar-refractivity contribution < 1.29 is 22.8 Å². The molecule has 3 rings (SSSR count). The highest BCUT2D eigenvalue weighted by atomic mass is 35.5. The summed E-state index contributed by atoms with van der Waals surface area (Å²) in [5.41, 5.74) is -2.05. The molecular formula is C17H12Cl2F3N2O2P. The third-order valence-electron chi connectivity index (χ3n) is 4.13. The second-order valence-electron chi connectivity index (χ2n) is 5.84. The molecule has 1 aliphatic rings. The Balaban J connectivity index is 1.96. The van der Waals surface area contributed by atoms with Gasteiger partial charge in [0.2, 0.25) is 0 Å². The van der Waals surface area contributed by atoms with Gasteiger partial charge in [0.15, 0.2) is 0 Å². The van der Waals surface area contributed by atoms with Gasteiger partial charge in [-0.3, -0.25) is 4.79 Å². The number of benzene rings is 2. The number of hydrogen-bond acceptors (Lipinski definition) is 3. The topological polar surface area (TPSA) is 50.7 Å². The third-order valence-corrected chi connectivity index (χ3v) is 4.82. The van der Waals surface area contributed by atoms with Crippen LogP contribution in [-0.4, -0.2) is 17.8 Å². The molecule has 0 aromatic heterocycles. The minimum Gasteiger partial charge on any atom is -0.374 e. The molecule has 0 saturated heterocycles. The molecule has 0 aliphatic carbocycles. The summed E-state index contributed by atoms with van der Waals surface area (Å²) < 4.78 is 41.8. The normalized spacial score (nSPS) is 19.4. The Labute approximate surface area is 164 Å². The lowest BCUT2D eigenvalue weighted by atomic mass is 9.86. The predicted molar refractivity (Wildman–Crippen MR) is 100 cm³/mol. The van der Waals surface area contributed by atoms with E-state index >= 15 is 0 Å². The van der Waals surface area contributed by atoms with Gasteiger partial charge in [-0.1, -0.05) is 40.5 Å². The van der Waals surface area contributed by atoms with Crippen LogP contribution in [0.3, 0.4) is 0 Å². The number of nitrogens with one attached hydrogen (secondary N) is 1. The van der Waals surface area contributed by atoms with Crippen molar-refractivity contribution in [1.82, 2.24) is 5.09 Å². The van der Waals surface area contributed by atoms with Crippen LogP contribution in [0, 0.1) is 0 Å². The fourth-order valence-electron chi connectivity index (χ4n) is 2.74. The summed E-state index contributed by atoms with van der Waals surface area (Å²) in [6.07, 6.45) is -5.31. The molecule has 2 aromatic rings. The molecule has 0 fully saturated rings. The molecule has 142 valence electrons. The summed E-state index contributed by atoms with van der Waals surface area (Å²) >= 11 is 11.7. The van der Waals surface area contributed by atoms with Gasteiger partial charge in [0.25, 0.3) is 11.5 Å². The van der Waals surface area contributed by atoms with E-state index in [2.05, 4.69) is 19.6 Å². The van der Waals surface area contributed by atoms with Crippen molar-refractivity contribution in [1.29, 1.82) is 0 Å². The molecule has 4 nitrogen and oxygen atoms in total. The molecule has 0 spiro atoms. The first-order chi connectivity index (χ1) is 12.7. The highest BCUT2D eigenvalue weighted by Gasteiger charge is 2.62. The van der Waals surface area contributed by atoms with E-state index < -0.39 is 18.2 Å². The molecule has 1 N–H and O–H groups in total. The lowest BCUT2D eigenvalue weighted by molar-refractivity contribution is -0.275. The molecule has 0 bridgehead atoms. The standard InChI is InChI=1S/C17H12Cl2F3N2O2P/c18-12-5-11(6-13(19)7-12)16(17(20,21)22)8-14(23-26-16)9-1-3-10(4-2-9)15(25)24-27/h1-7H,8,27H2,(H,24,25). The summed E-state index contributed by atoms with van der Waals surface area (Å²) in [7, 11) is 2.08. The van der Waals surface area contributed by atoms with Crippen LogP contribution in [0.5, 0.6) is 0 Å². The largest absolute Gasteiger partial charge is 0.435 e. The number of alkyl halides is 3. The van der Waals surface area contributed by atoms with E-state index in [0.29, 0.717) is 11.1 Å². The summed E-state index contributed by atoms with van der Waals surface area (Å²) in [5.74, 6) is -0.339. The van der Waals surface area contributed by atoms with Gasteiger partial charge in [-0.2, -0.15) is 13.2 Å². The van der Waals surface area contributed by atoms with Crippen LogP contribution in [0.1, 0.15) is 27.9 Å². The fourth-order valence-corrected chi connectivity index (χ4v) is 3.44. The Morgan fingerprint density at radius 3 is 2.26 bits per heavy atom. The van der Waals surface area contributed by atoms with E-state index in [1.807, 2.05) is 0 Å². The predicted octanol–water partition coefficient (Wildman–Crippen LogP) is 5.10. The van der Waals surface area contributed by atoms with Crippen molar-refractivity contribution in [3.05, 3.63) is 69.2 Å². The van der Waals surface area contributed by atoms with Crippen molar-refractivity contribution in [2.75, 3.05) is 0 Å². The second kappa shape index (κ2) is 7.30. The first-order valence-corrected chi connectivity index (χ1v) is 8.89. The van der Waals surface area contributed by atoms with E-state index in [-0.39, 0.29) is 27.2 Å². The smallest absolute Gasteiger partial charge is 0.374 e. The van der Waals surface area contributed by atoms with E-state index in [9.17, 15) is 18.0 Å². The van der Waals surface area contributed by atoms with Crippen LogP contribution in [0.4, 0.5) is 13.2 Å². The maximum Gasteiger partial charge on any atom is 0.435 e. The number of hydrogen-bond donors (Lipinski definition) is 1. The number of rotatable bonds is 3. The molecule has 1 amide bonds. The molecule has 0 radical (unpaired) electrons. The first kappa shape index (κ1) is 19.9. The maximum atomic E-state index is 13.9. The minimum absolute atomic E-state index is 0.0611. The number of nitrogens with zero attached hydrogens (tertiary/aromatic N) is 1. The summed E-state index contributed by atoms with van der Waals surface area (Å²) in [5, 5.41) is 6.17. The Hall–Kier alpha value is -1.82. The van der Waals surface area contributed by atoms with Crippen LogP contribution in [-0.2, 0) is 10.4 Å². The van der Waals surface area contributed by atoms with Crippen LogP contribution < -0.4 is 5.09 Å². The molecule has 27 heavy (non-hydrogen) atoms. The summed E-state index contributed by atoms with van der Waals surface area (Å²) in [4.78, 5) is 16.5. The SMILES string of the molecule is O=C(NP)c1ccc(C2=NOC(c3cc(Cl)cc(Cl)c3)(C(F)(F)F)C2)cc1. The number of carbonyl (C=O) groups excluding carboxylic acids is 1. The van der Waals surface area contributed by atoms with Gasteiger partial charge >= 0.3 is 6.18 Å². The molecule has 1 heterocycles. The van der Waals surface area contributed by atoms with Gasteiger partial charge in [0.1, 0.15) is 0 Å². The molecular weight excluding hydrogens is 423 g/mol. The zero-order valence-corrected chi connectivity index (χ0v) is 16.1. The zero-order chi connectivity index (χ0) is 19.8. The van der Waals surface area contributed by atoms with Gasteiger partial charge in [-0.25, -0.2) is 0 Å². The average molecular weight is 435 g/mol. The van der Waals surface area contributed by atoms with Crippen LogP contribution in [0.2, 0.25) is 10.0 Å². The Bertz CT molecular complexity index is 899. The molecule has 0 saturated carbocycles. The molecule has 2 aromatic carbocycles. The number of carbonyl (C=O) groups is 1. The van der Waals surface area contributed by atoms with Gasteiger partial charge in [0, 0.05) is 27.6 Å². The quantitative estimate of drug-likeness (QED) is 0.683. The van der Waals surface area contributed by atoms with E-state index in [1.54, 1.807) is 0 Å². The van der Waals surface area contributed by atoms with Crippen molar-refractivity contribution in [3.8, 4) is 0 Å². The maximum absolute atomic E-state index is 13.9. The second-order valence-corrected chi connectivity index (χ2v) is 7.00. The summed E-state index contributed by atoms with van der Waals surface area (Å²) in [6.45, 7) is 0. The number of halogens is 5. The van der Waals surface area contributed by atoms with Crippen molar-refractivity contribution in [2.24, 2.45) is 5.16 Å². The fraction of sp³-hybridized carbons (Fsp3) is 0.176. The Morgan fingerprint density at radius 1 is 1.15 bits per heavy atom. The zero-order valence-electron chi connectivity index (χ0n) is 13.5. The Morgan fingerprint density at radius 2 is 1.74 bits per heavy atom. The average Bonchev–Trinajstić information content (AvgIpc) is 3.07. The van der Waals surface area contributed by atoms with Crippen LogP contribution in [0.15, 0.2) is 47.6 Å². The summed E-state index contributed by atoms with van der Waals surface area (Å²) in [6, 6.07) is 9.65. The first-order valence-electron chi connectivity index (χ1n) is 7.56. The van der Waals surface area contributed by atoms with Gasteiger partial charge in [-0.05, 0) is 45.3 Å². The molecule has 1 aliphatic heterocycles. The molecule has 2 atom stereocenters. The Kier molecular flexibility index (Phi) is 5.39. The molecule has 2 unspecified atom stereocenters. The lowest BCUT2D eigenvalue weighted by Gasteiger charge is -2.29. The minimum atomic E-state index is -4.76. The lowest BCUT2D eigenvalue weighted by Crippen LogP contribution is -2.42. The number of amides is 1. The van der Waals surface area contributed by atoms with Crippen LogP contribution >= 0.6 is 32.6 Å². The van der Waals surface area contributed by atoms with Crippen molar-refractivity contribution in [3.63, 3.8) is 0 Å². The highest BCUT2D eigenvalue weighted by molar-refractivity contribution is 7.15. The van der Waals surface area contributed by atoms with Crippen molar-refractivity contribution in [2.45, 2.75) is 18.2 Å². The monoisotopic (exact) mass is 434 g/mol. The van der Waals surface area contributed by atoms with E-state index in [4.69, 9.17) is 28.0 Å². The highest BCUT2D eigenvalue weighted by Crippen LogP contribution is 2.49. The third kappa shape index (κ3) is 3.77. The van der Waals surface area contributed by atoms with E-state index in [1.165, 1.54) is 30.3 Å². The van der Waals surface area contributed by atoms with E-state index in [0.717, 1.165) is 12.1 Å². The van der Waals surface area contributed by atoms with Gasteiger partial charge < -0.3 is 9.92 Å². The number of oxime groups is 1. The van der Waals surface area contributed by atoms with Crippen LogP contribution in [0.25, 0.3) is 0 Å². The van der Waals surface area contributed by atoms with Crippen molar-refractivity contribution >= 4 is 44.2 Å². The van der Waals surface area contributed by atoms with Gasteiger partial charge in [0.05, 0.1) is 5.71 Å². The van der Waals surface area contributed by atoms with Gasteiger partial charge in [-0.15, -0.1) is 0 Å².